The Hall–Kier alpha value is -1.10. The van der Waals surface area contributed by atoms with Crippen molar-refractivity contribution in [3.63, 3.8) is 0 Å². The number of carboxylic acid groups (broad SMARTS) is 1. The predicted molar refractivity (Wildman–Crippen MR) is 71.7 cm³/mol. The standard InChI is InChI=1S/C14H25NO4/c1-12(2)10(13(12,3)4)11(18)15-14(5,8-19-6)7-9(16)17/h10H,7-8H2,1-6H3,(H,15,18)(H,16,17). The van der Waals surface area contributed by atoms with Crippen LogP contribution in [0, 0.1) is 16.7 Å². The molecule has 19 heavy (non-hydrogen) atoms. The molecule has 5 nitrogen and oxygen atoms in total. The van der Waals surface area contributed by atoms with Crippen LogP contribution in [0.2, 0.25) is 0 Å². The number of carbonyl (C=O) groups excluding carboxylic acids is 1. The first kappa shape index (κ1) is 16.0. The van der Waals surface area contributed by atoms with Crippen molar-refractivity contribution >= 4 is 11.9 Å². The lowest BCUT2D eigenvalue weighted by Crippen LogP contribution is -2.51. The summed E-state index contributed by atoms with van der Waals surface area (Å²) in [6.45, 7) is 10.1. The maximum atomic E-state index is 12.3. The highest BCUT2D eigenvalue weighted by atomic mass is 16.5. The van der Waals surface area contributed by atoms with Crippen molar-refractivity contribution in [2.24, 2.45) is 16.7 Å². The van der Waals surface area contributed by atoms with E-state index < -0.39 is 11.5 Å². The lowest BCUT2D eigenvalue weighted by atomic mass is 9.98. The van der Waals surface area contributed by atoms with Crippen LogP contribution in [0.3, 0.4) is 0 Å². The van der Waals surface area contributed by atoms with E-state index in [1.54, 1.807) is 6.92 Å². The molecule has 110 valence electrons. The molecule has 1 fully saturated rings. The second-order valence-electron chi connectivity index (χ2n) is 6.93. The maximum Gasteiger partial charge on any atom is 0.305 e. The van der Waals surface area contributed by atoms with E-state index in [9.17, 15) is 9.59 Å². The summed E-state index contributed by atoms with van der Waals surface area (Å²) >= 11 is 0. The van der Waals surface area contributed by atoms with Gasteiger partial charge >= 0.3 is 5.97 Å². The zero-order valence-electron chi connectivity index (χ0n) is 12.7. The van der Waals surface area contributed by atoms with Gasteiger partial charge in [-0.05, 0) is 17.8 Å². The first-order valence-corrected chi connectivity index (χ1v) is 6.51. The lowest BCUT2D eigenvalue weighted by Gasteiger charge is -2.29. The van der Waals surface area contributed by atoms with Crippen molar-refractivity contribution in [1.29, 1.82) is 0 Å². The maximum absolute atomic E-state index is 12.3. The molecule has 0 bridgehead atoms. The Bertz CT molecular complexity index is 375. The van der Waals surface area contributed by atoms with Crippen LogP contribution in [0.1, 0.15) is 41.0 Å². The molecule has 1 rings (SSSR count). The van der Waals surface area contributed by atoms with Crippen molar-refractivity contribution in [3.05, 3.63) is 0 Å². The lowest BCUT2D eigenvalue weighted by molar-refractivity contribution is -0.139. The van der Waals surface area contributed by atoms with Gasteiger partial charge in [0.25, 0.3) is 0 Å². The van der Waals surface area contributed by atoms with Crippen LogP contribution in [0.5, 0.6) is 0 Å². The van der Waals surface area contributed by atoms with Gasteiger partial charge in [0.05, 0.1) is 18.6 Å². The number of methoxy groups -OCH3 is 1. The number of amides is 1. The first-order chi connectivity index (χ1) is 8.48. The van der Waals surface area contributed by atoms with Gasteiger partial charge < -0.3 is 15.2 Å². The Morgan fingerprint density at radius 2 is 1.74 bits per heavy atom. The highest BCUT2D eigenvalue weighted by Gasteiger charge is 2.68. The molecule has 1 saturated carbocycles. The highest BCUT2D eigenvalue weighted by Crippen LogP contribution is 2.68. The molecular weight excluding hydrogens is 246 g/mol. The monoisotopic (exact) mass is 271 g/mol. The van der Waals surface area contributed by atoms with Crippen molar-refractivity contribution in [3.8, 4) is 0 Å². The highest BCUT2D eigenvalue weighted by molar-refractivity contribution is 5.85. The summed E-state index contributed by atoms with van der Waals surface area (Å²) in [5.74, 6) is -1.13. The minimum atomic E-state index is -0.950. The molecule has 0 heterocycles. The molecule has 1 aliphatic rings. The zero-order valence-corrected chi connectivity index (χ0v) is 12.7. The van der Waals surface area contributed by atoms with E-state index in [1.165, 1.54) is 7.11 Å². The van der Waals surface area contributed by atoms with Crippen LogP contribution in [0.4, 0.5) is 0 Å². The molecule has 0 spiro atoms. The first-order valence-electron chi connectivity index (χ1n) is 6.51. The molecule has 0 radical (unpaired) electrons. The largest absolute Gasteiger partial charge is 0.481 e. The van der Waals surface area contributed by atoms with Crippen LogP contribution in [-0.4, -0.2) is 36.2 Å². The van der Waals surface area contributed by atoms with Gasteiger partial charge in [-0.15, -0.1) is 0 Å². The summed E-state index contributed by atoms with van der Waals surface area (Å²) in [4.78, 5) is 23.3. The van der Waals surface area contributed by atoms with E-state index in [-0.39, 0.29) is 35.7 Å². The van der Waals surface area contributed by atoms with Crippen LogP contribution < -0.4 is 5.32 Å². The fraction of sp³-hybridized carbons (Fsp3) is 0.857. The van der Waals surface area contributed by atoms with Gasteiger partial charge in [-0.1, -0.05) is 27.7 Å². The van der Waals surface area contributed by atoms with Crippen LogP contribution in [0.25, 0.3) is 0 Å². The quantitative estimate of drug-likeness (QED) is 0.770. The smallest absolute Gasteiger partial charge is 0.305 e. The molecule has 0 aromatic rings. The Morgan fingerprint density at radius 1 is 1.26 bits per heavy atom. The molecule has 1 amide bonds. The third-order valence-corrected chi connectivity index (χ3v) is 4.71. The Balaban J connectivity index is 2.76. The second kappa shape index (κ2) is 4.78. The van der Waals surface area contributed by atoms with Crippen LogP contribution >= 0.6 is 0 Å². The Kier molecular flexibility index (Phi) is 4.01. The van der Waals surface area contributed by atoms with Gasteiger partial charge in [-0.25, -0.2) is 0 Å². The van der Waals surface area contributed by atoms with Crippen molar-refractivity contribution in [1.82, 2.24) is 5.32 Å². The van der Waals surface area contributed by atoms with Crippen molar-refractivity contribution < 1.29 is 19.4 Å². The number of ether oxygens (including phenoxy) is 1. The summed E-state index contributed by atoms with van der Waals surface area (Å²) in [7, 11) is 1.50. The van der Waals surface area contributed by atoms with Gasteiger partial charge in [0, 0.05) is 13.0 Å². The second-order valence-corrected chi connectivity index (χ2v) is 6.93. The topological polar surface area (TPSA) is 75.6 Å². The fourth-order valence-corrected chi connectivity index (χ4v) is 3.01. The van der Waals surface area contributed by atoms with E-state index in [1.807, 2.05) is 0 Å². The van der Waals surface area contributed by atoms with E-state index in [0.29, 0.717) is 0 Å². The van der Waals surface area contributed by atoms with E-state index in [2.05, 4.69) is 33.0 Å². The predicted octanol–water partition coefficient (Wildman–Crippen LogP) is 1.66. The summed E-state index contributed by atoms with van der Waals surface area (Å²) in [5.41, 5.74) is -0.991. The molecule has 1 aliphatic carbocycles. The minimum absolute atomic E-state index is 0.0612. The minimum Gasteiger partial charge on any atom is -0.481 e. The van der Waals surface area contributed by atoms with Crippen LogP contribution in [-0.2, 0) is 14.3 Å². The van der Waals surface area contributed by atoms with Gasteiger partial charge in [-0.2, -0.15) is 0 Å². The molecule has 2 N–H and O–H groups in total. The summed E-state index contributed by atoms with van der Waals surface area (Å²) in [5, 5.41) is 11.8. The molecule has 1 atom stereocenters. The number of rotatable bonds is 6. The van der Waals surface area contributed by atoms with E-state index in [4.69, 9.17) is 9.84 Å². The summed E-state index contributed by atoms with van der Waals surface area (Å²) in [6.07, 6.45) is -0.153. The number of aliphatic carboxylic acids is 1. The van der Waals surface area contributed by atoms with E-state index >= 15 is 0 Å². The molecule has 0 saturated heterocycles. The Labute approximate surface area is 114 Å². The molecule has 0 aromatic heterocycles. The molecule has 5 heteroatoms. The fourth-order valence-electron chi connectivity index (χ4n) is 3.01. The van der Waals surface area contributed by atoms with Gasteiger partial charge in [0.15, 0.2) is 0 Å². The normalized spacial score (nSPS) is 23.5. The number of hydrogen-bond acceptors (Lipinski definition) is 3. The number of carbonyl (C=O) groups is 2. The van der Waals surface area contributed by atoms with E-state index in [0.717, 1.165) is 0 Å². The molecular formula is C14H25NO4. The number of carboxylic acids is 1. The average Bonchev–Trinajstić information content (AvgIpc) is 2.54. The summed E-state index contributed by atoms with van der Waals surface area (Å²) < 4.78 is 5.03. The number of nitrogens with one attached hydrogen (secondary N) is 1. The van der Waals surface area contributed by atoms with Crippen molar-refractivity contribution in [2.45, 2.75) is 46.6 Å². The zero-order chi connectivity index (χ0) is 15.1. The molecule has 1 unspecified atom stereocenters. The third-order valence-electron chi connectivity index (χ3n) is 4.71. The van der Waals surface area contributed by atoms with Gasteiger partial charge in [0.1, 0.15) is 0 Å². The third kappa shape index (κ3) is 2.91. The van der Waals surface area contributed by atoms with Gasteiger partial charge in [0.2, 0.25) is 5.91 Å². The number of hydrogen-bond donors (Lipinski definition) is 2. The Morgan fingerprint density at radius 3 is 2.05 bits per heavy atom. The van der Waals surface area contributed by atoms with Gasteiger partial charge in [-0.3, -0.25) is 9.59 Å². The molecule has 0 aromatic carbocycles. The summed E-state index contributed by atoms with van der Waals surface area (Å²) in [6, 6.07) is 0. The molecule has 0 aliphatic heterocycles. The SMILES string of the molecule is COCC(C)(CC(=O)O)NC(=O)C1C(C)(C)C1(C)C. The van der Waals surface area contributed by atoms with Crippen molar-refractivity contribution in [2.75, 3.05) is 13.7 Å². The van der Waals surface area contributed by atoms with Crippen LogP contribution in [0.15, 0.2) is 0 Å². The average molecular weight is 271 g/mol.